The minimum atomic E-state index is -3.76. The number of sulfonamides is 1. The van der Waals surface area contributed by atoms with Gasteiger partial charge in [-0.2, -0.15) is 4.31 Å². The maximum atomic E-state index is 13.2. The molecule has 1 N–H and O–H groups in total. The number of halogens is 2. The van der Waals surface area contributed by atoms with Gasteiger partial charge in [0.25, 0.3) is 5.91 Å². The molecule has 162 valence electrons. The summed E-state index contributed by atoms with van der Waals surface area (Å²) in [5, 5.41) is 6.68. The normalized spacial score (nSPS) is 14.7. The van der Waals surface area contributed by atoms with Gasteiger partial charge in [-0.3, -0.25) is 4.79 Å². The summed E-state index contributed by atoms with van der Waals surface area (Å²) in [6.45, 7) is 2.46. The standard InChI is InChI=1S/C21H19ClFN3O4S/c1-13-19(20(25-30-13)14-4-6-15(23)7-5-14)21(27)24-16-8-9-17(22)18(12-16)31(28,29)26-10-2-3-11-26/h4-9,12H,2-3,10-11H2,1H3,(H,24,27). The first-order chi connectivity index (χ1) is 14.8. The Morgan fingerprint density at radius 2 is 1.84 bits per heavy atom. The van der Waals surface area contributed by atoms with Crippen LogP contribution >= 0.6 is 11.6 Å². The van der Waals surface area contributed by atoms with Gasteiger partial charge in [0.15, 0.2) is 0 Å². The number of aromatic nitrogens is 1. The lowest BCUT2D eigenvalue weighted by Gasteiger charge is -2.17. The Hall–Kier alpha value is -2.75. The highest BCUT2D eigenvalue weighted by molar-refractivity contribution is 7.89. The van der Waals surface area contributed by atoms with Gasteiger partial charge < -0.3 is 9.84 Å². The molecule has 0 saturated carbocycles. The van der Waals surface area contributed by atoms with Gasteiger partial charge in [0.2, 0.25) is 10.0 Å². The first-order valence-corrected chi connectivity index (χ1v) is 11.4. The lowest BCUT2D eigenvalue weighted by Crippen LogP contribution is -2.28. The molecule has 7 nitrogen and oxygen atoms in total. The van der Waals surface area contributed by atoms with E-state index in [1.165, 1.54) is 46.8 Å². The lowest BCUT2D eigenvalue weighted by atomic mass is 10.1. The van der Waals surface area contributed by atoms with E-state index in [0.29, 0.717) is 18.7 Å². The van der Waals surface area contributed by atoms with Crippen molar-refractivity contribution in [3.05, 3.63) is 64.6 Å². The fourth-order valence-electron chi connectivity index (χ4n) is 3.48. The third-order valence-electron chi connectivity index (χ3n) is 5.08. The maximum absolute atomic E-state index is 13.2. The number of anilines is 1. The van der Waals surface area contributed by atoms with Crippen molar-refractivity contribution in [2.45, 2.75) is 24.7 Å². The summed E-state index contributed by atoms with van der Waals surface area (Å²) < 4.78 is 45.6. The van der Waals surface area contributed by atoms with Gasteiger partial charge in [0, 0.05) is 24.3 Å². The zero-order valence-corrected chi connectivity index (χ0v) is 18.1. The molecular weight excluding hydrogens is 445 g/mol. The molecule has 1 aliphatic heterocycles. The first kappa shape index (κ1) is 21.5. The van der Waals surface area contributed by atoms with E-state index in [1.54, 1.807) is 6.92 Å². The molecule has 0 unspecified atom stereocenters. The summed E-state index contributed by atoms with van der Waals surface area (Å²) in [6, 6.07) is 9.80. The van der Waals surface area contributed by atoms with Gasteiger partial charge in [-0.25, -0.2) is 12.8 Å². The van der Waals surface area contributed by atoms with Crippen LogP contribution in [0.25, 0.3) is 11.3 Å². The molecule has 1 aliphatic rings. The molecule has 1 saturated heterocycles. The van der Waals surface area contributed by atoms with Crippen molar-refractivity contribution in [2.24, 2.45) is 0 Å². The summed E-state index contributed by atoms with van der Waals surface area (Å²) in [5.41, 5.74) is 1.20. The molecule has 31 heavy (non-hydrogen) atoms. The average Bonchev–Trinajstić information content (AvgIpc) is 3.40. The Bertz CT molecular complexity index is 1240. The highest BCUT2D eigenvalue weighted by atomic mass is 35.5. The number of nitrogens with one attached hydrogen (secondary N) is 1. The molecule has 0 aliphatic carbocycles. The van der Waals surface area contributed by atoms with E-state index >= 15 is 0 Å². The van der Waals surface area contributed by atoms with E-state index < -0.39 is 21.7 Å². The molecule has 2 heterocycles. The van der Waals surface area contributed by atoms with Gasteiger partial charge >= 0.3 is 0 Å². The number of benzene rings is 2. The van der Waals surface area contributed by atoms with Crippen molar-refractivity contribution >= 4 is 33.2 Å². The molecule has 1 amide bonds. The Balaban J connectivity index is 1.65. The number of carbonyl (C=O) groups is 1. The molecular formula is C21H19ClFN3O4S. The van der Waals surface area contributed by atoms with Crippen LogP contribution in [0.2, 0.25) is 5.02 Å². The summed E-state index contributed by atoms with van der Waals surface area (Å²) in [5.74, 6) is -0.677. The molecule has 4 rings (SSSR count). The third-order valence-corrected chi connectivity index (χ3v) is 7.46. The van der Waals surface area contributed by atoms with E-state index in [2.05, 4.69) is 10.5 Å². The Kier molecular flexibility index (Phi) is 5.83. The number of nitrogens with zero attached hydrogens (tertiary/aromatic N) is 2. The average molecular weight is 464 g/mol. The predicted molar refractivity (Wildman–Crippen MR) is 114 cm³/mol. The van der Waals surface area contributed by atoms with Crippen molar-refractivity contribution in [3.8, 4) is 11.3 Å². The molecule has 0 radical (unpaired) electrons. The Morgan fingerprint density at radius 1 is 1.16 bits per heavy atom. The largest absolute Gasteiger partial charge is 0.360 e. The lowest BCUT2D eigenvalue weighted by molar-refractivity contribution is 0.102. The predicted octanol–water partition coefficient (Wildman–Crippen LogP) is 4.48. The summed E-state index contributed by atoms with van der Waals surface area (Å²) in [7, 11) is -3.76. The van der Waals surface area contributed by atoms with Crippen molar-refractivity contribution in [1.82, 2.24) is 9.46 Å². The smallest absolute Gasteiger partial charge is 0.261 e. The minimum absolute atomic E-state index is 0.0605. The van der Waals surface area contributed by atoms with Crippen LogP contribution in [0, 0.1) is 12.7 Å². The Labute approximate surface area is 183 Å². The van der Waals surface area contributed by atoms with Gasteiger partial charge in [-0.15, -0.1) is 0 Å². The Morgan fingerprint density at radius 3 is 2.52 bits per heavy atom. The van der Waals surface area contributed by atoms with E-state index in [1.807, 2.05) is 0 Å². The van der Waals surface area contributed by atoms with Crippen molar-refractivity contribution < 1.29 is 22.1 Å². The van der Waals surface area contributed by atoms with Gasteiger partial charge in [-0.1, -0.05) is 16.8 Å². The zero-order chi connectivity index (χ0) is 22.2. The summed E-state index contributed by atoms with van der Waals surface area (Å²) in [4.78, 5) is 12.9. The van der Waals surface area contributed by atoms with E-state index in [9.17, 15) is 17.6 Å². The number of aryl methyl sites for hydroxylation is 1. The van der Waals surface area contributed by atoms with Crippen molar-refractivity contribution in [1.29, 1.82) is 0 Å². The number of hydrogen-bond donors (Lipinski definition) is 1. The number of amides is 1. The fourth-order valence-corrected chi connectivity index (χ4v) is 5.50. The van der Waals surface area contributed by atoms with E-state index in [4.69, 9.17) is 16.1 Å². The van der Waals surface area contributed by atoms with Gasteiger partial charge in [-0.05, 0) is 62.2 Å². The fraction of sp³-hybridized carbons (Fsp3) is 0.238. The molecule has 0 atom stereocenters. The molecule has 2 aromatic carbocycles. The summed E-state index contributed by atoms with van der Waals surface area (Å²) in [6.07, 6.45) is 1.60. The van der Waals surface area contributed by atoms with Gasteiger partial charge in [0.1, 0.15) is 27.7 Å². The van der Waals surface area contributed by atoms with Crippen LogP contribution in [0.4, 0.5) is 10.1 Å². The molecule has 0 bridgehead atoms. The second kappa shape index (κ2) is 8.41. The van der Waals surface area contributed by atoms with Crippen LogP contribution in [-0.2, 0) is 10.0 Å². The van der Waals surface area contributed by atoms with Crippen LogP contribution in [0.1, 0.15) is 29.0 Å². The number of hydrogen-bond acceptors (Lipinski definition) is 5. The van der Waals surface area contributed by atoms with E-state index in [-0.39, 0.29) is 32.6 Å². The van der Waals surface area contributed by atoms with Crippen LogP contribution in [-0.4, -0.2) is 36.9 Å². The minimum Gasteiger partial charge on any atom is -0.360 e. The number of rotatable bonds is 5. The molecule has 0 spiro atoms. The second-order valence-electron chi connectivity index (χ2n) is 7.18. The van der Waals surface area contributed by atoms with Gasteiger partial charge in [0.05, 0.1) is 5.02 Å². The summed E-state index contributed by atoms with van der Waals surface area (Å²) >= 11 is 6.16. The van der Waals surface area contributed by atoms with Crippen LogP contribution < -0.4 is 5.32 Å². The molecule has 1 fully saturated rings. The zero-order valence-electron chi connectivity index (χ0n) is 16.6. The first-order valence-electron chi connectivity index (χ1n) is 9.60. The maximum Gasteiger partial charge on any atom is 0.261 e. The van der Waals surface area contributed by atoms with Crippen LogP contribution in [0.15, 0.2) is 51.9 Å². The highest BCUT2D eigenvalue weighted by Gasteiger charge is 2.30. The molecule has 10 heteroatoms. The van der Waals surface area contributed by atoms with E-state index in [0.717, 1.165) is 12.8 Å². The van der Waals surface area contributed by atoms with Crippen LogP contribution in [0.3, 0.4) is 0 Å². The topological polar surface area (TPSA) is 92.5 Å². The highest BCUT2D eigenvalue weighted by Crippen LogP contribution is 2.31. The number of carbonyl (C=O) groups excluding carboxylic acids is 1. The molecule has 1 aromatic heterocycles. The van der Waals surface area contributed by atoms with Crippen LogP contribution in [0.5, 0.6) is 0 Å². The quantitative estimate of drug-likeness (QED) is 0.602. The van der Waals surface area contributed by atoms with Crippen molar-refractivity contribution in [2.75, 3.05) is 18.4 Å². The SMILES string of the molecule is Cc1onc(-c2ccc(F)cc2)c1C(=O)Nc1ccc(Cl)c(S(=O)(=O)N2CCCC2)c1. The third kappa shape index (κ3) is 4.21. The second-order valence-corrected chi connectivity index (χ2v) is 9.49. The monoisotopic (exact) mass is 463 g/mol. The van der Waals surface area contributed by atoms with Crippen molar-refractivity contribution in [3.63, 3.8) is 0 Å². The molecule has 3 aromatic rings.